The van der Waals surface area contributed by atoms with E-state index in [4.69, 9.17) is 4.74 Å². The number of methoxy groups -OCH3 is 1. The zero-order valence-corrected chi connectivity index (χ0v) is 15.6. The number of nitrogens with zero attached hydrogens (tertiary/aromatic N) is 1. The topological polar surface area (TPSA) is 29.5 Å². The van der Waals surface area contributed by atoms with Crippen LogP contribution in [0.2, 0.25) is 0 Å². The molecule has 1 saturated heterocycles. The first-order chi connectivity index (χ1) is 11.6. The molecular weight excluding hydrogens is 298 g/mol. The van der Waals surface area contributed by atoms with Crippen LogP contribution in [0.1, 0.15) is 65.2 Å². The van der Waals surface area contributed by atoms with Crippen LogP contribution in [0.5, 0.6) is 0 Å². The standard InChI is InChI=1S/C21H33NO2/c1-15-6-8-17(9-7-15)16(2)13-18-10-11-20(23)21(18)22-12-4-5-19(22)14-24-3/h6,16-17,19H,4-5,7-14H2,1-3H3. The Morgan fingerprint density at radius 3 is 2.83 bits per heavy atom. The molecule has 0 radical (unpaired) electrons. The molecule has 2 aliphatic carbocycles. The maximum Gasteiger partial charge on any atom is 0.179 e. The van der Waals surface area contributed by atoms with Gasteiger partial charge in [0.05, 0.1) is 18.3 Å². The molecule has 0 N–H and O–H groups in total. The fraction of sp³-hybridized carbons (Fsp3) is 0.762. The predicted molar refractivity (Wildman–Crippen MR) is 97.8 cm³/mol. The van der Waals surface area contributed by atoms with Gasteiger partial charge in [0.25, 0.3) is 0 Å². The van der Waals surface area contributed by atoms with E-state index < -0.39 is 0 Å². The van der Waals surface area contributed by atoms with Gasteiger partial charge in [-0.3, -0.25) is 4.79 Å². The molecule has 0 aromatic carbocycles. The van der Waals surface area contributed by atoms with Crippen molar-refractivity contribution in [2.45, 2.75) is 71.3 Å². The molecule has 24 heavy (non-hydrogen) atoms. The maximum absolute atomic E-state index is 12.6. The zero-order valence-electron chi connectivity index (χ0n) is 15.6. The van der Waals surface area contributed by atoms with Crippen LogP contribution in [-0.2, 0) is 9.53 Å². The van der Waals surface area contributed by atoms with Gasteiger partial charge in [-0.2, -0.15) is 0 Å². The second-order valence-corrected chi connectivity index (χ2v) is 8.09. The first-order valence-corrected chi connectivity index (χ1v) is 9.76. The molecule has 1 aliphatic heterocycles. The van der Waals surface area contributed by atoms with Crippen molar-refractivity contribution in [1.29, 1.82) is 0 Å². The van der Waals surface area contributed by atoms with E-state index in [1.807, 2.05) is 0 Å². The van der Waals surface area contributed by atoms with E-state index in [1.54, 1.807) is 12.7 Å². The number of hydrogen-bond donors (Lipinski definition) is 0. The molecule has 0 aromatic rings. The highest BCUT2D eigenvalue weighted by atomic mass is 16.5. The third-order valence-corrected chi connectivity index (χ3v) is 6.33. The van der Waals surface area contributed by atoms with Gasteiger partial charge in [-0.25, -0.2) is 0 Å². The Morgan fingerprint density at radius 1 is 1.29 bits per heavy atom. The lowest BCUT2D eigenvalue weighted by Gasteiger charge is -2.30. The molecule has 134 valence electrons. The molecular formula is C21H33NO2. The summed E-state index contributed by atoms with van der Waals surface area (Å²) < 4.78 is 5.39. The molecule has 3 unspecified atom stereocenters. The van der Waals surface area contributed by atoms with Gasteiger partial charge in [0.2, 0.25) is 0 Å². The summed E-state index contributed by atoms with van der Waals surface area (Å²) in [6.45, 7) is 6.41. The van der Waals surface area contributed by atoms with Crippen LogP contribution in [0, 0.1) is 11.8 Å². The Hall–Kier alpha value is -1.09. The summed E-state index contributed by atoms with van der Waals surface area (Å²) in [5.74, 6) is 1.83. The van der Waals surface area contributed by atoms with Crippen molar-refractivity contribution in [2.75, 3.05) is 20.3 Å². The van der Waals surface area contributed by atoms with Gasteiger partial charge in [0.15, 0.2) is 5.78 Å². The zero-order chi connectivity index (χ0) is 17.1. The Balaban J connectivity index is 1.72. The van der Waals surface area contributed by atoms with E-state index in [1.165, 1.54) is 31.3 Å². The van der Waals surface area contributed by atoms with E-state index in [0.717, 1.165) is 50.4 Å². The monoisotopic (exact) mass is 331 g/mol. The van der Waals surface area contributed by atoms with Gasteiger partial charge in [0, 0.05) is 20.1 Å². The van der Waals surface area contributed by atoms with E-state index in [-0.39, 0.29) is 0 Å². The minimum Gasteiger partial charge on any atom is -0.383 e. The Labute approximate surface area is 147 Å². The number of allylic oxidation sites excluding steroid dienone is 4. The van der Waals surface area contributed by atoms with Crippen molar-refractivity contribution in [2.24, 2.45) is 11.8 Å². The number of ether oxygens (including phenoxy) is 1. The lowest BCUT2D eigenvalue weighted by atomic mass is 9.79. The Bertz CT molecular complexity index is 534. The molecule has 0 aromatic heterocycles. The van der Waals surface area contributed by atoms with Gasteiger partial charge in [-0.05, 0) is 69.3 Å². The smallest absolute Gasteiger partial charge is 0.179 e. The van der Waals surface area contributed by atoms with Crippen LogP contribution in [0.25, 0.3) is 0 Å². The molecule has 0 spiro atoms. The highest BCUT2D eigenvalue weighted by Crippen LogP contribution is 2.38. The van der Waals surface area contributed by atoms with E-state index in [9.17, 15) is 4.79 Å². The van der Waals surface area contributed by atoms with Crippen LogP contribution < -0.4 is 0 Å². The fourth-order valence-corrected chi connectivity index (χ4v) is 4.81. The Kier molecular flexibility index (Phi) is 5.80. The second kappa shape index (κ2) is 7.86. The van der Waals surface area contributed by atoms with Gasteiger partial charge < -0.3 is 9.64 Å². The van der Waals surface area contributed by atoms with Gasteiger partial charge in [-0.15, -0.1) is 0 Å². The molecule has 1 heterocycles. The highest BCUT2D eigenvalue weighted by molar-refractivity contribution is 5.98. The molecule has 3 heteroatoms. The SMILES string of the molecule is COCC1CCCN1C1=C(CC(C)C2CC=C(C)CC2)CCC1=O. The third-order valence-electron chi connectivity index (χ3n) is 6.33. The van der Waals surface area contributed by atoms with Crippen LogP contribution in [0.15, 0.2) is 22.9 Å². The predicted octanol–water partition coefficient (Wildman–Crippen LogP) is 4.49. The quantitative estimate of drug-likeness (QED) is 0.672. The summed E-state index contributed by atoms with van der Waals surface area (Å²) in [5, 5.41) is 0. The van der Waals surface area contributed by atoms with Gasteiger partial charge in [0.1, 0.15) is 0 Å². The average molecular weight is 332 g/mol. The van der Waals surface area contributed by atoms with Crippen molar-refractivity contribution >= 4 is 5.78 Å². The fourth-order valence-electron chi connectivity index (χ4n) is 4.81. The largest absolute Gasteiger partial charge is 0.383 e. The first-order valence-electron chi connectivity index (χ1n) is 9.76. The van der Waals surface area contributed by atoms with E-state index in [0.29, 0.717) is 17.7 Å². The van der Waals surface area contributed by atoms with E-state index >= 15 is 0 Å². The summed E-state index contributed by atoms with van der Waals surface area (Å²) in [6, 6.07) is 0.401. The van der Waals surface area contributed by atoms with Crippen molar-refractivity contribution in [3.8, 4) is 0 Å². The number of carbonyl (C=O) groups is 1. The third kappa shape index (κ3) is 3.77. The van der Waals surface area contributed by atoms with Crippen LogP contribution in [0.3, 0.4) is 0 Å². The van der Waals surface area contributed by atoms with Crippen molar-refractivity contribution in [3.05, 3.63) is 22.9 Å². The number of carbonyl (C=O) groups excluding carboxylic acids is 1. The van der Waals surface area contributed by atoms with Gasteiger partial charge >= 0.3 is 0 Å². The Morgan fingerprint density at radius 2 is 2.12 bits per heavy atom. The average Bonchev–Trinajstić information content (AvgIpc) is 3.15. The summed E-state index contributed by atoms with van der Waals surface area (Å²) in [6.07, 6.45) is 11.4. The lowest BCUT2D eigenvalue weighted by molar-refractivity contribution is -0.116. The molecule has 3 atom stereocenters. The van der Waals surface area contributed by atoms with Crippen LogP contribution >= 0.6 is 0 Å². The normalized spacial score (nSPS) is 29.4. The highest BCUT2D eigenvalue weighted by Gasteiger charge is 2.35. The number of likely N-dealkylation sites (tertiary alicyclic amines) is 1. The molecule has 3 nitrogen and oxygen atoms in total. The first kappa shape index (κ1) is 17.7. The maximum atomic E-state index is 12.6. The summed E-state index contributed by atoms with van der Waals surface area (Å²) in [4.78, 5) is 15.0. The molecule has 3 rings (SSSR count). The summed E-state index contributed by atoms with van der Waals surface area (Å²) in [7, 11) is 1.77. The van der Waals surface area contributed by atoms with Crippen molar-refractivity contribution in [1.82, 2.24) is 4.90 Å². The second-order valence-electron chi connectivity index (χ2n) is 8.09. The minimum atomic E-state index is 0.375. The number of rotatable bonds is 6. The van der Waals surface area contributed by atoms with E-state index in [2.05, 4.69) is 24.8 Å². The van der Waals surface area contributed by atoms with Crippen molar-refractivity contribution in [3.63, 3.8) is 0 Å². The number of Topliss-reactive ketones (excluding diaryl/α,β-unsaturated/α-hetero) is 1. The van der Waals surface area contributed by atoms with Crippen LogP contribution in [0.4, 0.5) is 0 Å². The number of hydrogen-bond acceptors (Lipinski definition) is 3. The van der Waals surface area contributed by atoms with Crippen molar-refractivity contribution < 1.29 is 9.53 Å². The molecule has 0 amide bonds. The molecule has 3 aliphatic rings. The minimum absolute atomic E-state index is 0.375. The lowest BCUT2D eigenvalue weighted by Crippen LogP contribution is -2.34. The molecule has 0 bridgehead atoms. The van der Waals surface area contributed by atoms with Gasteiger partial charge in [-0.1, -0.05) is 18.6 Å². The molecule has 0 saturated carbocycles. The number of ketones is 1. The summed E-state index contributed by atoms with van der Waals surface area (Å²) >= 11 is 0. The molecule has 1 fully saturated rings. The summed E-state index contributed by atoms with van der Waals surface area (Å²) in [5.41, 5.74) is 4.06. The van der Waals surface area contributed by atoms with Crippen LogP contribution in [-0.4, -0.2) is 37.0 Å².